The Morgan fingerprint density at radius 2 is 1.68 bits per heavy atom. The molecule has 0 atom stereocenters. The van der Waals surface area contributed by atoms with Gasteiger partial charge in [0.1, 0.15) is 11.3 Å². The van der Waals surface area contributed by atoms with Gasteiger partial charge in [-0.05, 0) is 82.2 Å². The van der Waals surface area contributed by atoms with Crippen LogP contribution in [0.5, 0.6) is 11.5 Å². The largest absolute Gasteiger partial charge is 0.497 e. The minimum atomic E-state index is -0.892. The van der Waals surface area contributed by atoms with Crippen LogP contribution in [0.25, 0.3) is 12.2 Å². The molecule has 4 amide bonds. The number of esters is 1. The maximum Gasteiger partial charge on any atom is 0.336 e. The van der Waals surface area contributed by atoms with Crippen LogP contribution in [-0.2, 0) is 14.4 Å². The molecular weight excluding hydrogens is 644 g/mol. The molecule has 3 aromatic carbocycles. The minimum Gasteiger partial charge on any atom is -0.497 e. The van der Waals surface area contributed by atoms with Gasteiger partial charge in [-0.3, -0.25) is 14.9 Å². The van der Waals surface area contributed by atoms with E-state index in [0.717, 1.165) is 10.5 Å². The summed E-state index contributed by atoms with van der Waals surface area (Å²) in [5.41, 5.74) is 0.874. The lowest BCUT2D eigenvalue weighted by Crippen LogP contribution is -2.54. The Morgan fingerprint density at radius 1 is 1.00 bits per heavy atom. The van der Waals surface area contributed by atoms with Crippen LogP contribution in [0, 0.1) is 0 Å². The summed E-state index contributed by atoms with van der Waals surface area (Å²) in [5.74, 6) is -1.83. The predicted octanol–water partition coefficient (Wildman–Crippen LogP) is 6.16. The average Bonchev–Trinajstić information content (AvgIpc) is 2.88. The molecule has 0 aromatic heterocycles. The van der Waals surface area contributed by atoms with E-state index >= 15 is 0 Å². The van der Waals surface area contributed by atoms with Gasteiger partial charge in [0.2, 0.25) is 0 Å². The monoisotopic (exact) mass is 658 g/mol. The second kappa shape index (κ2) is 11.8. The quantitative estimate of drug-likeness (QED) is 0.147. The second-order valence-corrected chi connectivity index (χ2v) is 9.97. The van der Waals surface area contributed by atoms with E-state index in [-0.39, 0.29) is 22.6 Å². The first kappa shape index (κ1) is 27.3. The average molecular weight is 661 g/mol. The molecule has 38 heavy (non-hydrogen) atoms. The molecule has 0 radical (unpaired) electrons. The van der Waals surface area contributed by atoms with Crippen molar-refractivity contribution in [2.75, 3.05) is 12.0 Å². The van der Waals surface area contributed by atoms with Crippen molar-refractivity contribution in [3.05, 3.63) is 97.4 Å². The highest BCUT2D eigenvalue weighted by atomic mass is 79.9. The number of imide groups is 2. The number of carbonyl (C=O) groups is 4. The number of hydrogen-bond acceptors (Lipinski definition) is 6. The van der Waals surface area contributed by atoms with Gasteiger partial charge in [-0.15, -0.1) is 0 Å². The Hall–Kier alpha value is -3.73. The van der Waals surface area contributed by atoms with Gasteiger partial charge in [-0.2, -0.15) is 0 Å². The lowest BCUT2D eigenvalue weighted by Gasteiger charge is -2.26. The number of benzene rings is 3. The van der Waals surface area contributed by atoms with Crippen molar-refractivity contribution in [3.63, 3.8) is 0 Å². The zero-order valence-corrected chi connectivity index (χ0v) is 23.5. The first-order chi connectivity index (χ1) is 18.2. The molecular formula is C27H17Br2ClN2O6. The number of barbiturate groups is 1. The van der Waals surface area contributed by atoms with Gasteiger partial charge in [0.25, 0.3) is 11.8 Å². The molecule has 1 aliphatic rings. The van der Waals surface area contributed by atoms with Crippen LogP contribution >= 0.6 is 43.5 Å². The molecule has 1 fully saturated rings. The molecule has 0 unspecified atom stereocenters. The van der Waals surface area contributed by atoms with E-state index in [1.807, 2.05) is 0 Å². The molecule has 1 heterocycles. The Labute approximate surface area is 239 Å². The molecule has 0 aliphatic carbocycles. The van der Waals surface area contributed by atoms with E-state index in [0.29, 0.717) is 19.7 Å². The highest BCUT2D eigenvalue weighted by molar-refractivity contribution is 9.11. The van der Waals surface area contributed by atoms with Gasteiger partial charge in [-0.1, -0.05) is 39.7 Å². The first-order valence-corrected chi connectivity index (χ1v) is 12.8. The van der Waals surface area contributed by atoms with Crippen LogP contribution in [0.4, 0.5) is 10.5 Å². The minimum absolute atomic E-state index is 0.0694. The van der Waals surface area contributed by atoms with Crippen molar-refractivity contribution in [2.24, 2.45) is 0 Å². The maximum atomic E-state index is 13.3. The van der Waals surface area contributed by atoms with Crippen molar-refractivity contribution in [1.82, 2.24) is 5.32 Å². The molecule has 0 saturated carbocycles. The van der Waals surface area contributed by atoms with Crippen LogP contribution in [0.3, 0.4) is 0 Å². The number of halogens is 3. The molecule has 1 saturated heterocycles. The number of methoxy groups -OCH3 is 1. The molecule has 4 rings (SSSR count). The van der Waals surface area contributed by atoms with Crippen LogP contribution in [0.15, 0.2) is 81.3 Å². The third-order valence-corrected chi connectivity index (χ3v) is 6.55. The van der Waals surface area contributed by atoms with Crippen LogP contribution in [0.1, 0.15) is 11.1 Å². The number of urea groups is 1. The Bertz CT molecular complexity index is 1500. The number of carbonyl (C=O) groups excluding carboxylic acids is 4. The Morgan fingerprint density at radius 3 is 2.34 bits per heavy atom. The Balaban J connectivity index is 1.66. The van der Waals surface area contributed by atoms with E-state index in [1.54, 1.807) is 54.6 Å². The zero-order chi connectivity index (χ0) is 27.4. The van der Waals surface area contributed by atoms with Gasteiger partial charge >= 0.3 is 12.0 Å². The molecule has 1 N–H and O–H groups in total. The van der Waals surface area contributed by atoms with E-state index < -0.39 is 23.8 Å². The summed E-state index contributed by atoms with van der Waals surface area (Å²) < 4.78 is 11.6. The third-order valence-electron chi connectivity index (χ3n) is 5.25. The highest BCUT2D eigenvalue weighted by Crippen LogP contribution is 2.35. The second-order valence-electron chi connectivity index (χ2n) is 7.77. The molecule has 11 heteroatoms. The van der Waals surface area contributed by atoms with Gasteiger partial charge in [0, 0.05) is 21.1 Å². The van der Waals surface area contributed by atoms with Crippen molar-refractivity contribution in [3.8, 4) is 11.5 Å². The number of nitrogens with zero attached hydrogens (tertiary/aromatic N) is 1. The fraction of sp³-hybridized carbons (Fsp3) is 0.0370. The summed E-state index contributed by atoms with van der Waals surface area (Å²) in [6.45, 7) is 0. The summed E-state index contributed by atoms with van der Waals surface area (Å²) in [4.78, 5) is 51.9. The molecule has 8 nitrogen and oxygen atoms in total. The third kappa shape index (κ3) is 6.21. The summed E-state index contributed by atoms with van der Waals surface area (Å²) >= 11 is 12.6. The van der Waals surface area contributed by atoms with Crippen molar-refractivity contribution in [2.45, 2.75) is 0 Å². The summed E-state index contributed by atoms with van der Waals surface area (Å²) in [6.07, 6.45) is 4.04. The van der Waals surface area contributed by atoms with Crippen molar-refractivity contribution in [1.29, 1.82) is 0 Å². The fourth-order valence-electron chi connectivity index (χ4n) is 3.45. The van der Waals surface area contributed by atoms with E-state index in [2.05, 4.69) is 37.2 Å². The summed E-state index contributed by atoms with van der Waals surface area (Å²) in [5, 5.41) is 2.73. The van der Waals surface area contributed by atoms with Crippen LogP contribution < -0.4 is 19.7 Å². The van der Waals surface area contributed by atoms with Gasteiger partial charge in [0.15, 0.2) is 5.75 Å². The first-order valence-electron chi connectivity index (χ1n) is 10.9. The number of hydrogen-bond donors (Lipinski definition) is 1. The topological polar surface area (TPSA) is 102 Å². The van der Waals surface area contributed by atoms with Gasteiger partial charge in [-0.25, -0.2) is 14.5 Å². The van der Waals surface area contributed by atoms with Crippen LogP contribution in [-0.4, -0.2) is 30.9 Å². The van der Waals surface area contributed by atoms with Gasteiger partial charge in [0.05, 0.1) is 17.3 Å². The lowest BCUT2D eigenvalue weighted by molar-refractivity contribution is -0.129. The predicted molar refractivity (Wildman–Crippen MR) is 150 cm³/mol. The SMILES string of the molecule is COc1ccc(N2C(=O)NC(=O)/C(=C/c3cc(Br)cc(Br)c3OC(=O)/C=C/c3ccc(Cl)cc3)C2=O)cc1. The van der Waals surface area contributed by atoms with E-state index in [9.17, 15) is 19.2 Å². The molecule has 1 aliphatic heterocycles. The number of anilines is 1. The normalized spacial score (nSPS) is 14.7. The van der Waals surface area contributed by atoms with E-state index in [1.165, 1.54) is 31.4 Å². The highest BCUT2D eigenvalue weighted by Gasteiger charge is 2.37. The molecule has 192 valence electrons. The summed E-state index contributed by atoms with van der Waals surface area (Å²) in [7, 11) is 1.49. The smallest absolute Gasteiger partial charge is 0.336 e. The van der Waals surface area contributed by atoms with Crippen molar-refractivity contribution >= 4 is 85.1 Å². The van der Waals surface area contributed by atoms with Crippen molar-refractivity contribution < 1.29 is 28.7 Å². The lowest BCUT2D eigenvalue weighted by atomic mass is 10.1. The number of nitrogens with one attached hydrogen (secondary N) is 1. The molecule has 0 bridgehead atoms. The van der Waals surface area contributed by atoms with E-state index in [4.69, 9.17) is 21.1 Å². The standard InChI is InChI=1S/C27H17Br2ClN2O6/c1-37-20-9-7-19(8-10-20)32-26(35)21(25(34)31-27(32)36)13-16-12-17(28)14-22(29)24(16)38-23(33)11-4-15-2-5-18(30)6-3-15/h2-14H,1H3,(H,31,34,36)/b11-4+,21-13-. The zero-order valence-electron chi connectivity index (χ0n) is 19.5. The Kier molecular flexibility index (Phi) is 8.45. The number of amides is 4. The molecule has 3 aromatic rings. The maximum absolute atomic E-state index is 13.3. The number of rotatable bonds is 6. The molecule has 0 spiro atoms. The van der Waals surface area contributed by atoms with Crippen LogP contribution in [0.2, 0.25) is 5.02 Å². The van der Waals surface area contributed by atoms with Gasteiger partial charge < -0.3 is 9.47 Å². The fourth-order valence-corrected chi connectivity index (χ4v) is 4.91. The summed E-state index contributed by atoms with van der Waals surface area (Å²) in [6, 6.07) is 15.4. The number of ether oxygens (including phenoxy) is 2.